The Balaban J connectivity index is 1.55. The molecule has 3 rings (SSSR count). The summed E-state index contributed by atoms with van der Waals surface area (Å²) in [7, 11) is -3.06. The van der Waals surface area contributed by atoms with Crippen molar-refractivity contribution in [3.05, 3.63) is 0 Å². The van der Waals surface area contributed by atoms with Crippen LogP contribution in [0.15, 0.2) is 0 Å². The van der Waals surface area contributed by atoms with Crippen LogP contribution in [0, 0.1) is 0 Å². The largest absolute Gasteiger partial charge is 0.375 e. The van der Waals surface area contributed by atoms with Crippen molar-refractivity contribution >= 4 is 10.0 Å². The van der Waals surface area contributed by atoms with E-state index in [1.54, 1.807) is 11.2 Å². The highest BCUT2D eigenvalue weighted by atomic mass is 32.2. The maximum absolute atomic E-state index is 12.1. The monoisotopic (exact) mass is 373 g/mol. The summed E-state index contributed by atoms with van der Waals surface area (Å²) >= 11 is 0. The van der Waals surface area contributed by atoms with Crippen molar-refractivity contribution in [2.24, 2.45) is 0 Å². The van der Waals surface area contributed by atoms with Crippen LogP contribution in [-0.2, 0) is 14.8 Å². The molecule has 3 aliphatic rings. The Morgan fingerprint density at radius 1 is 1.08 bits per heavy atom. The normalized spacial score (nSPS) is 30.2. The van der Waals surface area contributed by atoms with Crippen LogP contribution in [0.25, 0.3) is 0 Å². The molecule has 3 aliphatic heterocycles. The number of ether oxygens (including phenoxy) is 1. The molecule has 7 heteroatoms. The van der Waals surface area contributed by atoms with E-state index in [4.69, 9.17) is 4.74 Å². The maximum Gasteiger partial charge on any atom is 0.213 e. The molecule has 3 fully saturated rings. The topological polar surface area (TPSA) is 53.1 Å². The molecule has 0 aromatic rings. The number of sulfonamides is 1. The third-order valence-electron chi connectivity index (χ3n) is 6.45. The first-order valence-corrected chi connectivity index (χ1v) is 11.6. The van der Waals surface area contributed by atoms with Crippen molar-refractivity contribution < 1.29 is 13.2 Å². The zero-order chi connectivity index (χ0) is 18.1. The smallest absolute Gasteiger partial charge is 0.213 e. The van der Waals surface area contributed by atoms with Crippen molar-refractivity contribution in [2.75, 3.05) is 51.6 Å². The zero-order valence-corrected chi connectivity index (χ0v) is 16.9. The van der Waals surface area contributed by atoms with Gasteiger partial charge in [-0.15, -0.1) is 0 Å². The quantitative estimate of drug-likeness (QED) is 0.745. The molecular weight excluding hydrogens is 338 g/mol. The van der Waals surface area contributed by atoms with Gasteiger partial charge in [-0.05, 0) is 46.5 Å². The number of piperazine rings is 1. The van der Waals surface area contributed by atoms with Gasteiger partial charge in [0.25, 0.3) is 0 Å². The summed E-state index contributed by atoms with van der Waals surface area (Å²) in [5.41, 5.74) is -0.0993. The molecule has 3 saturated heterocycles. The molecule has 0 N–H and O–H groups in total. The third kappa shape index (κ3) is 4.38. The standard InChI is InChI=1S/C18H35N3O3S/c1-4-25(22,23)21-8-6-18(7-9-21)15-17(5-14-24-18)20-12-10-19(11-13-20)16(2)3/h16-17H,4-15H2,1-3H3. The Morgan fingerprint density at radius 3 is 2.28 bits per heavy atom. The van der Waals surface area contributed by atoms with Crippen molar-refractivity contribution in [3.63, 3.8) is 0 Å². The van der Waals surface area contributed by atoms with Crippen LogP contribution in [0.1, 0.15) is 46.5 Å². The number of piperidine rings is 1. The average molecular weight is 374 g/mol. The highest BCUT2D eigenvalue weighted by Crippen LogP contribution is 2.37. The molecular formula is C18H35N3O3S. The first-order valence-electron chi connectivity index (χ1n) is 9.95. The van der Waals surface area contributed by atoms with Gasteiger partial charge in [0.2, 0.25) is 10.0 Å². The van der Waals surface area contributed by atoms with Gasteiger partial charge in [0.1, 0.15) is 0 Å². The van der Waals surface area contributed by atoms with Crippen LogP contribution in [0.4, 0.5) is 0 Å². The molecule has 1 atom stereocenters. The fourth-order valence-corrected chi connectivity index (χ4v) is 5.74. The highest BCUT2D eigenvalue weighted by molar-refractivity contribution is 7.89. The highest BCUT2D eigenvalue weighted by Gasteiger charge is 2.43. The van der Waals surface area contributed by atoms with Gasteiger partial charge in [-0.2, -0.15) is 0 Å². The molecule has 6 nitrogen and oxygen atoms in total. The molecule has 146 valence electrons. The van der Waals surface area contributed by atoms with E-state index < -0.39 is 10.0 Å². The average Bonchev–Trinajstić information content (AvgIpc) is 2.62. The minimum Gasteiger partial charge on any atom is -0.375 e. The van der Waals surface area contributed by atoms with Crippen LogP contribution in [0.2, 0.25) is 0 Å². The van der Waals surface area contributed by atoms with Gasteiger partial charge in [-0.3, -0.25) is 9.80 Å². The second kappa shape index (κ2) is 7.80. The van der Waals surface area contributed by atoms with Gasteiger partial charge < -0.3 is 4.74 Å². The second-order valence-corrected chi connectivity index (χ2v) is 10.4. The van der Waals surface area contributed by atoms with Crippen molar-refractivity contribution in [1.29, 1.82) is 0 Å². The number of hydrogen-bond acceptors (Lipinski definition) is 5. The molecule has 0 aromatic carbocycles. The van der Waals surface area contributed by atoms with E-state index in [2.05, 4.69) is 23.6 Å². The first-order chi connectivity index (χ1) is 11.9. The molecule has 0 aliphatic carbocycles. The molecule has 0 saturated carbocycles. The lowest BCUT2D eigenvalue weighted by molar-refractivity contribution is -0.130. The number of nitrogens with zero attached hydrogens (tertiary/aromatic N) is 3. The summed E-state index contributed by atoms with van der Waals surface area (Å²) in [5.74, 6) is 0.198. The molecule has 25 heavy (non-hydrogen) atoms. The van der Waals surface area contributed by atoms with Crippen LogP contribution in [0.5, 0.6) is 0 Å². The Bertz CT molecular complexity index is 536. The maximum atomic E-state index is 12.1. The van der Waals surface area contributed by atoms with Gasteiger partial charge in [-0.25, -0.2) is 12.7 Å². The van der Waals surface area contributed by atoms with E-state index in [1.807, 2.05) is 0 Å². The minimum atomic E-state index is -3.06. The molecule has 0 radical (unpaired) electrons. The van der Waals surface area contributed by atoms with Gasteiger partial charge in [0, 0.05) is 58.0 Å². The minimum absolute atomic E-state index is 0.0993. The number of rotatable bonds is 4. The van der Waals surface area contributed by atoms with E-state index >= 15 is 0 Å². The van der Waals surface area contributed by atoms with Crippen molar-refractivity contribution in [1.82, 2.24) is 14.1 Å². The van der Waals surface area contributed by atoms with Crippen LogP contribution in [-0.4, -0.2) is 91.8 Å². The van der Waals surface area contributed by atoms with Crippen LogP contribution >= 0.6 is 0 Å². The van der Waals surface area contributed by atoms with E-state index in [0.717, 1.165) is 58.5 Å². The van der Waals surface area contributed by atoms with Gasteiger partial charge in [0.05, 0.1) is 11.4 Å². The summed E-state index contributed by atoms with van der Waals surface area (Å²) in [6, 6.07) is 1.23. The predicted octanol–water partition coefficient (Wildman–Crippen LogP) is 1.38. The molecule has 3 heterocycles. The Hall–Kier alpha value is -0.210. The van der Waals surface area contributed by atoms with Crippen molar-refractivity contribution in [3.8, 4) is 0 Å². The molecule has 0 amide bonds. The van der Waals surface area contributed by atoms with Gasteiger partial charge in [-0.1, -0.05) is 0 Å². The van der Waals surface area contributed by atoms with E-state index in [-0.39, 0.29) is 11.4 Å². The zero-order valence-electron chi connectivity index (χ0n) is 16.1. The predicted molar refractivity (Wildman–Crippen MR) is 100 cm³/mol. The third-order valence-corrected chi connectivity index (χ3v) is 8.34. The van der Waals surface area contributed by atoms with Gasteiger partial charge >= 0.3 is 0 Å². The molecule has 0 bridgehead atoms. The summed E-state index contributed by atoms with van der Waals surface area (Å²) in [6.45, 7) is 12.9. The second-order valence-electron chi connectivity index (χ2n) is 8.14. The Morgan fingerprint density at radius 2 is 1.72 bits per heavy atom. The van der Waals surface area contributed by atoms with E-state index in [9.17, 15) is 8.42 Å². The lowest BCUT2D eigenvalue weighted by Crippen LogP contribution is -2.58. The summed E-state index contributed by atoms with van der Waals surface area (Å²) in [4.78, 5) is 5.21. The van der Waals surface area contributed by atoms with Crippen molar-refractivity contribution in [2.45, 2.75) is 64.1 Å². The van der Waals surface area contributed by atoms with E-state index in [1.165, 1.54) is 0 Å². The number of hydrogen-bond donors (Lipinski definition) is 0. The van der Waals surface area contributed by atoms with Crippen LogP contribution in [0.3, 0.4) is 0 Å². The molecule has 1 unspecified atom stereocenters. The SMILES string of the molecule is CCS(=O)(=O)N1CCC2(CC1)CC(N1CCN(C(C)C)CC1)CCO2. The lowest BCUT2D eigenvalue weighted by atomic mass is 9.82. The fourth-order valence-electron chi connectivity index (χ4n) is 4.64. The Kier molecular flexibility index (Phi) is 6.10. The summed E-state index contributed by atoms with van der Waals surface area (Å²) < 4.78 is 32.1. The first kappa shape index (κ1) is 19.5. The lowest BCUT2D eigenvalue weighted by Gasteiger charge is -2.49. The molecule has 1 spiro atoms. The summed E-state index contributed by atoms with van der Waals surface area (Å²) in [5, 5.41) is 0. The fraction of sp³-hybridized carbons (Fsp3) is 1.00. The van der Waals surface area contributed by atoms with Gasteiger partial charge in [0.15, 0.2) is 0 Å². The Labute approximate surface area is 153 Å². The van der Waals surface area contributed by atoms with E-state index in [0.29, 0.717) is 25.2 Å². The van der Waals surface area contributed by atoms with Crippen LogP contribution < -0.4 is 0 Å². The molecule has 0 aromatic heterocycles. The summed E-state index contributed by atoms with van der Waals surface area (Å²) in [6.07, 6.45) is 3.86.